The Hall–Kier alpha value is -1.32. The topological polar surface area (TPSA) is 55.0 Å². The molecule has 1 heterocycles. The fraction of sp³-hybridized carbons (Fsp3) is 0.714. The van der Waals surface area contributed by atoms with Gasteiger partial charge in [-0.2, -0.15) is 0 Å². The quantitative estimate of drug-likeness (QED) is 0.893. The summed E-state index contributed by atoms with van der Waals surface area (Å²) in [6.07, 6.45) is 7.60. The van der Waals surface area contributed by atoms with E-state index in [-0.39, 0.29) is 0 Å². The number of hydrogen-bond acceptors (Lipinski definition) is 4. The van der Waals surface area contributed by atoms with Gasteiger partial charge in [-0.15, -0.1) is 0 Å². The van der Waals surface area contributed by atoms with Gasteiger partial charge in [0.2, 0.25) is 0 Å². The lowest BCUT2D eigenvalue weighted by atomic mass is 9.86. The molecule has 1 fully saturated rings. The first kappa shape index (κ1) is 13.1. The molecule has 1 aromatic rings. The number of nitrogens with two attached hydrogens (primary N) is 1. The van der Waals surface area contributed by atoms with Crippen molar-refractivity contribution in [2.75, 3.05) is 17.7 Å². The predicted molar refractivity (Wildman–Crippen MR) is 75.6 cm³/mol. The van der Waals surface area contributed by atoms with E-state index in [2.05, 4.69) is 35.8 Å². The van der Waals surface area contributed by atoms with Gasteiger partial charge < -0.3 is 10.6 Å². The van der Waals surface area contributed by atoms with Crippen LogP contribution >= 0.6 is 0 Å². The third-order valence-corrected chi connectivity index (χ3v) is 4.18. The fourth-order valence-electron chi connectivity index (χ4n) is 2.86. The maximum absolute atomic E-state index is 5.94. The highest BCUT2D eigenvalue weighted by Gasteiger charge is 2.24. The zero-order chi connectivity index (χ0) is 13.1. The summed E-state index contributed by atoms with van der Waals surface area (Å²) in [4.78, 5) is 10.8. The average molecular weight is 248 g/mol. The Morgan fingerprint density at radius 2 is 1.94 bits per heavy atom. The normalized spacial score (nSPS) is 23.9. The van der Waals surface area contributed by atoms with Crippen LogP contribution in [0.5, 0.6) is 0 Å². The fourth-order valence-corrected chi connectivity index (χ4v) is 2.86. The van der Waals surface area contributed by atoms with Gasteiger partial charge in [-0.25, -0.2) is 9.97 Å². The smallest absolute Gasteiger partial charge is 0.137 e. The molecule has 4 heteroatoms. The molecule has 1 aliphatic rings. The van der Waals surface area contributed by atoms with Gasteiger partial charge in [0, 0.05) is 18.7 Å². The minimum Gasteiger partial charge on any atom is -0.383 e. The van der Waals surface area contributed by atoms with Crippen molar-refractivity contribution in [1.82, 2.24) is 9.97 Å². The van der Waals surface area contributed by atoms with Crippen molar-refractivity contribution in [3.05, 3.63) is 11.9 Å². The number of nitrogen functional groups attached to an aromatic ring is 1. The van der Waals surface area contributed by atoms with E-state index in [1.807, 2.05) is 0 Å². The molecule has 0 bridgehead atoms. The van der Waals surface area contributed by atoms with E-state index in [9.17, 15) is 0 Å². The van der Waals surface area contributed by atoms with Crippen LogP contribution < -0.4 is 10.6 Å². The standard InChI is InChI=1S/C14H24N4/c1-4-12-13(15)16-9-17-14(12)18(3)11-7-5-10(2)6-8-11/h9-11H,4-8H2,1-3H3,(H2,15,16,17). The molecule has 2 rings (SSSR count). The number of rotatable bonds is 3. The molecule has 4 nitrogen and oxygen atoms in total. The Bertz CT molecular complexity index is 397. The van der Waals surface area contributed by atoms with Crippen LogP contribution in [0.25, 0.3) is 0 Å². The molecule has 0 atom stereocenters. The van der Waals surface area contributed by atoms with E-state index in [0.717, 1.165) is 23.7 Å². The minimum absolute atomic E-state index is 0.598. The van der Waals surface area contributed by atoms with Crippen LogP contribution in [0, 0.1) is 5.92 Å². The second-order valence-corrected chi connectivity index (χ2v) is 5.44. The number of anilines is 2. The van der Waals surface area contributed by atoms with Crippen LogP contribution in [0.1, 0.15) is 45.1 Å². The van der Waals surface area contributed by atoms with E-state index in [4.69, 9.17) is 5.73 Å². The molecular formula is C14H24N4. The van der Waals surface area contributed by atoms with E-state index >= 15 is 0 Å². The van der Waals surface area contributed by atoms with Gasteiger partial charge in [0.1, 0.15) is 18.0 Å². The van der Waals surface area contributed by atoms with Crippen LogP contribution in [0.15, 0.2) is 6.33 Å². The maximum Gasteiger partial charge on any atom is 0.137 e. The van der Waals surface area contributed by atoms with E-state index < -0.39 is 0 Å². The van der Waals surface area contributed by atoms with Crippen molar-refractivity contribution in [2.24, 2.45) is 5.92 Å². The van der Waals surface area contributed by atoms with Crippen LogP contribution in [0.3, 0.4) is 0 Å². The largest absolute Gasteiger partial charge is 0.383 e. The first-order chi connectivity index (χ1) is 8.63. The van der Waals surface area contributed by atoms with E-state index in [1.54, 1.807) is 6.33 Å². The van der Waals surface area contributed by atoms with E-state index in [1.165, 1.54) is 25.7 Å². The Kier molecular flexibility index (Phi) is 4.04. The third kappa shape index (κ3) is 2.57. The molecule has 0 aromatic carbocycles. The molecular weight excluding hydrogens is 224 g/mol. The first-order valence-corrected chi connectivity index (χ1v) is 6.95. The first-order valence-electron chi connectivity index (χ1n) is 6.95. The van der Waals surface area contributed by atoms with Crippen molar-refractivity contribution in [1.29, 1.82) is 0 Å². The molecule has 0 unspecified atom stereocenters. The highest BCUT2D eigenvalue weighted by Crippen LogP contribution is 2.30. The Morgan fingerprint density at radius 1 is 1.28 bits per heavy atom. The molecule has 100 valence electrons. The summed E-state index contributed by atoms with van der Waals surface area (Å²) in [6, 6.07) is 0.598. The van der Waals surface area contributed by atoms with Crippen LogP contribution in [0.4, 0.5) is 11.6 Å². The second-order valence-electron chi connectivity index (χ2n) is 5.44. The van der Waals surface area contributed by atoms with E-state index in [0.29, 0.717) is 11.9 Å². The number of aromatic nitrogens is 2. The SMILES string of the molecule is CCc1c(N)ncnc1N(C)C1CCC(C)CC1. The molecule has 2 N–H and O–H groups in total. The Labute approximate surface area is 110 Å². The number of nitrogens with zero attached hydrogens (tertiary/aromatic N) is 3. The summed E-state index contributed by atoms with van der Waals surface area (Å²) >= 11 is 0. The van der Waals surface area contributed by atoms with Gasteiger partial charge in [-0.3, -0.25) is 0 Å². The zero-order valence-electron chi connectivity index (χ0n) is 11.7. The van der Waals surface area contributed by atoms with Gasteiger partial charge in [0.25, 0.3) is 0 Å². The molecule has 1 saturated carbocycles. The van der Waals surface area contributed by atoms with Crippen molar-refractivity contribution in [3.63, 3.8) is 0 Å². The third-order valence-electron chi connectivity index (χ3n) is 4.18. The highest BCUT2D eigenvalue weighted by atomic mass is 15.2. The molecule has 1 aliphatic carbocycles. The van der Waals surface area contributed by atoms with Crippen LogP contribution in [-0.4, -0.2) is 23.1 Å². The molecule has 1 aromatic heterocycles. The summed E-state index contributed by atoms with van der Waals surface area (Å²) in [5.74, 6) is 2.51. The lowest BCUT2D eigenvalue weighted by Gasteiger charge is -2.35. The molecule has 0 spiro atoms. The average Bonchev–Trinajstić information content (AvgIpc) is 2.38. The minimum atomic E-state index is 0.598. The lowest BCUT2D eigenvalue weighted by molar-refractivity contribution is 0.339. The highest BCUT2D eigenvalue weighted by molar-refractivity contribution is 5.56. The van der Waals surface area contributed by atoms with Gasteiger partial charge in [0.05, 0.1) is 0 Å². The lowest BCUT2D eigenvalue weighted by Crippen LogP contribution is -2.36. The summed E-state index contributed by atoms with van der Waals surface area (Å²) in [5.41, 5.74) is 7.03. The van der Waals surface area contributed by atoms with Gasteiger partial charge in [0.15, 0.2) is 0 Å². The summed E-state index contributed by atoms with van der Waals surface area (Å²) in [6.45, 7) is 4.45. The maximum atomic E-state index is 5.94. The van der Waals surface area contributed by atoms with Crippen LogP contribution in [-0.2, 0) is 6.42 Å². The molecule has 0 aliphatic heterocycles. The molecule has 0 saturated heterocycles. The zero-order valence-corrected chi connectivity index (χ0v) is 11.7. The van der Waals surface area contributed by atoms with Crippen molar-refractivity contribution >= 4 is 11.6 Å². The summed E-state index contributed by atoms with van der Waals surface area (Å²) in [5, 5.41) is 0. The van der Waals surface area contributed by atoms with Crippen molar-refractivity contribution < 1.29 is 0 Å². The van der Waals surface area contributed by atoms with Gasteiger partial charge in [-0.05, 0) is 38.0 Å². The second kappa shape index (κ2) is 5.55. The van der Waals surface area contributed by atoms with Gasteiger partial charge >= 0.3 is 0 Å². The Morgan fingerprint density at radius 3 is 2.56 bits per heavy atom. The molecule has 0 radical (unpaired) electrons. The monoisotopic (exact) mass is 248 g/mol. The van der Waals surface area contributed by atoms with Crippen LogP contribution in [0.2, 0.25) is 0 Å². The summed E-state index contributed by atoms with van der Waals surface area (Å²) < 4.78 is 0. The number of hydrogen-bond donors (Lipinski definition) is 1. The molecule has 0 amide bonds. The van der Waals surface area contributed by atoms with Crippen molar-refractivity contribution in [3.8, 4) is 0 Å². The van der Waals surface area contributed by atoms with Crippen molar-refractivity contribution in [2.45, 2.75) is 52.0 Å². The van der Waals surface area contributed by atoms with Gasteiger partial charge in [-0.1, -0.05) is 13.8 Å². The Balaban J connectivity index is 2.18. The summed E-state index contributed by atoms with van der Waals surface area (Å²) in [7, 11) is 2.14. The predicted octanol–water partition coefficient (Wildman–Crippen LogP) is 2.64. The molecule has 18 heavy (non-hydrogen) atoms.